The van der Waals surface area contributed by atoms with Crippen LogP contribution in [0.2, 0.25) is 0 Å². The largest absolute Gasteiger partial charge is 0.361 e. The summed E-state index contributed by atoms with van der Waals surface area (Å²) in [6.07, 6.45) is 2.68. The van der Waals surface area contributed by atoms with Crippen LogP contribution < -0.4 is 10.6 Å². The maximum atomic E-state index is 11.2. The Bertz CT molecular complexity index is 437. The molecule has 7 heteroatoms. The molecule has 1 aromatic heterocycles. The monoisotopic (exact) mass is 253 g/mol. The quantitative estimate of drug-likeness (QED) is 0.619. The van der Waals surface area contributed by atoms with E-state index in [4.69, 9.17) is 0 Å². The van der Waals surface area contributed by atoms with Gasteiger partial charge in [-0.15, -0.1) is 0 Å². The standard InChI is InChI=1S/C11H19N5O2/c1-3-9-10(16(17)18)11(15(2)14-9)13-8-5-4-6-12-7-8/h8,12-13H,3-7H2,1-2H3. The molecule has 18 heavy (non-hydrogen) atoms. The number of aryl methyl sites for hydroxylation is 2. The minimum absolute atomic E-state index is 0.116. The predicted molar refractivity (Wildman–Crippen MR) is 68.8 cm³/mol. The van der Waals surface area contributed by atoms with E-state index in [9.17, 15) is 10.1 Å². The summed E-state index contributed by atoms with van der Waals surface area (Å²) < 4.78 is 1.57. The summed E-state index contributed by atoms with van der Waals surface area (Å²) in [5.74, 6) is 0.519. The van der Waals surface area contributed by atoms with Gasteiger partial charge in [-0.3, -0.25) is 10.1 Å². The van der Waals surface area contributed by atoms with Crippen molar-refractivity contribution in [3.8, 4) is 0 Å². The summed E-state index contributed by atoms with van der Waals surface area (Å²) in [5, 5.41) is 21.9. The van der Waals surface area contributed by atoms with Gasteiger partial charge >= 0.3 is 5.69 Å². The van der Waals surface area contributed by atoms with E-state index < -0.39 is 0 Å². The van der Waals surface area contributed by atoms with Crippen LogP contribution >= 0.6 is 0 Å². The van der Waals surface area contributed by atoms with Crippen LogP contribution in [0.5, 0.6) is 0 Å². The molecule has 2 N–H and O–H groups in total. The van der Waals surface area contributed by atoms with Crippen LogP contribution in [0.3, 0.4) is 0 Å². The van der Waals surface area contributed by atoms with Gasteiger partial charge in [0, 0.05) is 19.6 Å². The molecule has 0 radical (unpaired) electrons. The van der Waals surface area contributed by atoms with E-state index in [1.54, 1.807) is 11.7 Å². The molecular weight excluding hydrogens is 234 g/mol. The summed E-state index contributed by atoms with van der Waals surface area (Å²) >= 11 is 0. The summed E-state index contributed by atoms with van der Waals surface area (Å²) in [5.41, 5.74) is 0.652. The number of hydrogen-bond donors (Lipinski definition) is 2. The van der Waals surface area contributed by atoms with E-state index in [2.05, 4.69) is 15.7 Å². The molecule has 1 aliphatic rings. The molecule has 0 aromatic carbocycles. The fourth-order valence-corrected chi connectivity index (χ4v) is 2.33. The van der Waals surface area contributed by atoms with Crippen LogP contribution in [-0.4, -0.2) is 33.8 Å². The second-order valence-electron chi connectivity index (χ2n) is 4.57. The van der Waals surface area contributed by atoms with Gasteiger partial charge in [-0.05, 0) is 25.8 Å². The average molecular weight is 253 g/mol. The summed E-state index contributed by atoms with van der Waals surface area (Å²) in [4.78, 5) is 10.8. The number of nitro groups is 1. The molecule has 1 aromatic rings. The van der Waals surface area contributed by atoms with E-state index >= 15 is 0 Å². The Morgan fingerprint density at radius 3 is 3.00 bits per heavy atom. The summed E-state index contributed by atoms with van der Waals surface area (Å²) in [7, 11) is 1.74. The number of anilines is 1. The summed E-state index contributed by atoms with van der Waals surface area (Å²) in [6, 6.07) is 0.234. The van der Waals surface area contributed by atoms with Crippen LogP contribution in [0, 0.1) is 10.1 Å². The molecule has 1 aliphatic heterocycles. The molecule has 2 heterocycles. The van der Waals surface area contributed by atoms with Crippen molar-refractivity contribution < 1.29 is 4.92 Å². The smallest absolute Gasteiger partial charge is 0.333 e. The van der Waals surface area contributed by atoms with Gasteiger partial charge < -0.3 is 10.6 Å². The lowest BCUT2D eigenvalue weighted by atomic mass is 10.1. The first kappa shape index (κ1) is 12.8. The number of nitrogens with one attached hydrogen (secondary N) is 2. The van der Waals surface area contributed by atoms with Gasteiger partial charge in [0.15, 0.2) is 0 Å². The third-order valence-electron chi connectivity index (χ3n) is 3.25. The maximum Gasteiger partial charge on any atom is 0.333 e. The Kier molecular flexibility index (Phi) is 3.81. The molecule has 1 fully saturated rings. The molecule has 100 valence electrons. The van der Waals surface area contributed by atoms with Crippen LogP contribution in [0.25, 0.3) is 0 Å². The van der Waals surface area contributed by atoms with Crippen molar-refractivity contribution in [2.24, 2.45) is 7.05 Å². The highest BCUT2D eigenvalue weighted by atomic mass is 16.6. The zero-order valence-electron chi connectivity index (χ0n) is 10.8. The van der Waals surface area contributed by atoms with Crippen molar-refractivity contribution >= 4 is 11.5 Å². The molecule has 0 aliphatic carbocycles. The summed E-state index contributed by atoms with van der Waals surface area (Å²) in [6.45, 7) is 3.73. The van der Waals surface area contributed by atoms with E-state index in [-0.39, 0.29) is 16.7 Å². The van der Waals surface area contributed by atoms with Gasteiger partial charge in [-0.1, -0.05) is 6.92 Å². The first-order chi connectivity index (χ1) is 8.63. The molecule has 2 rings (SSSR count). The topological polar surface area (TPSA) is 85.0 Å². The number of aromatic nitrogens is 2. The number of nitrogens with zero attached hydrogens (tertiary/aromatic N) is 3. The van der Waals surface area contributed by atoms with Crippen molar-refractivity contribution in [2.45, 2.75) is 32.2 Å². The van der Waals surface area contributed by atoms with E-state index in [0.29, 0.717) is 17.9 Å². The molecule has 0 saturated carbocycles. The Labute approximate surface area is 106 Å². The van der Waals surface area contributed by atoms with Crippen molar-refractivity contribution in [2.75, 3.05) is 18.4 Å². The Morgan fingerprint density at radius 2 is 2.44 bits per heavy atom. The molecule has 7 nitrogen and oxygen atoms in total. The van der Waals surface area contributed by atoms with Crippen molar-refractivity contribution in [3.05, 3.63) is 15.8 Å². The lowest BCUT2D eigenvalue weighted by Gasteiger charge is -2.24. The Hall–Kier alpha value is -1.63. The highest BCUT2D eigenvalue weighted by Gasteiger charge is 2.27. The molecule has 0 amide bonds. The fraction of sp³-hybridized carbons (Fsp3) is 0.727. The van der Waals surface area contributed by atoms with Crippen molar-refractivity contribution in [1.29, 1.82) is 0 Å². The van der Waals surface area contributed by atoms with Crippen LogP contribution in [-0.2, 0) is 13.5 Å². The first-order valence-electron chi connectivity index (χ1n) is 6.31. The third kappa shape index (κ3) is 2.45. The lowest BCUT2D eigenvalue weighted by Crippen LogP contribution is -2.38. The van der Waals surface area contributed by atoms with Gasteiger partial charge in [-0.2, -0.15) is 5.10 Å². The van der Waals surface area contributed by atoms with Crippen molar-refractivity contribution in [3.63, 3.8) is 0 Å². The third-order valence-corrected chi connectivity index (χ3v) is 3.25. The Balaban J connectivity index is 2.25. The van der Waals surface area contributed by atoms with E-state index in [1.165, 1.54) is 0 Å². The lowest BCUT2D eigenvalue weighted by molar-refractivity contribution is -0.384. The molecule has 1 unspecified atom stereocenters. The second kappa shape index (κ2) is 5.34. The normalized spacial score (nSPS) is 19.8. The fourth-order valence-electron chi connectivity index (χ4n) is 2.33. The maximum absolute atomic E-state index is 11.2. The number of hydrogen-bond acceptors (Lipinski definition) is 5. The van der Waals surface area contributed by atoms with Gasteiger partial charge in [0.05, 0.1) is 4.92 Å². The first-order valence-corrected chi connectivity index (χ1v) is 6.31. The number of rotatable bonds is 4. The Morgan fingerprint density at radius 1 is 1.67 bits per heavy atom. The van der Waals surface area contributed by atoms with Gasteiger partial charge in [0.1, 0.15) is 5.69 Å². The number of piperidine rings is 1. The molecule has 1 atom stereocenters. The van der Waals surface area contributed by atoms with Gasteiger partial charge in [0.25, 0.3) is 0 Å². The molecule has 0 bridgehead atoms. The minimum Gasteiger partial charge on any atom is -0.361 e. The van der Waals surface area contributed by atoms with Crippen LogP contribution in [0.15, 0.2) is 0 Å². The van der Waals surface area contributed by atoms with Crippen LogP contribution in [0.1, 0.15) is 25.5 Å². The molecule has 0 spiro atoms. The molecule has 1 saturated heterocycles. The highest BCUT2D eigenvalue weighted by molar-refractivity contribution is 5.60. The minimum atomic E-state index is -0.343. The molecular formula is C11H19N5O2. The van der Waals surface area contributed by atoms with Crippen molar-refractivity contribution in [1.82, 2.24) is 15.1 Å². The SMILES string of the molecule is CCc1nn(C)c(NC2CCCNC2)c1[N+](=O)[O-]. The van der Waals surface area contributed by atoms with Crippen LogP contribution in [0.4, 0.5) is 11.5 Å². The zero-order chi connectivity index (χ0) is 13.1. The van der Waals surface area contributed by atoms with E-state index in [0.717, 1.165) is 25.9 Å². The van der Waals surface area contributed by atoms with Gasteiger partial charge in [0.2, 0.25) is 5.82 Å². The highest BCUT2D eigenvalue weighted by Crippen LogP contribution is 2.29. The van der Waals surface area contributed by atoms with E-state index in [1.807, 2.05) is 6.92 Å². The van der Waals surface area contributed by atoms with Gasteiger partial charge in [-0.25, -0.2) is 4.68 Å². The second-order valence-corrected chi connectivity index (χ2v) is 4.57. The average Bonchev–Trinajstić information content (AvgIpc) is 2.67. The zero-order valence-corrected chi connectivity index (χ0v) is 10.8. The predicted octanol–water partition coefficient (Wildman–Crippen LogP) is 1.05.